The third-order valence-corrected chi connectivity index (χ3v) is 13.4. The molecule has 0 amide bonds. The zero-order valence-corrected chi connectivity index (χ0v) is 43.2. The molecule has 0 spiro atoms. The Balaban J connectivity index is 2.42. The van der Waals surface area contributed by atoms with Crippen molar-refractivity contribution < 1.29 is 43.2 Å². The highest BCUT2D eigenvalue weighted by molar-refractivity contribution is 5.73. The zero-order chi connectivity index (χ0) is 47.4. The minimum atomic E-state index is -0.735. The molecule has 0 aliphatic carbocycles. The summed E-state index contributed by atoms with van der Waals surface area (Å²) in [4.78, 5) is 41.9. The van der Waals surface area contributed by atoms with Crippen molar-refractivity contribution in [2.24, 2.45) is 11.8 Å². The predicted molar refractivity (Wildman–Crippen MR) is 267 cm³/mol. The average molecular weight is 924 g/mol. The molecule has 1 fully saturated rings. The van der Waals surface area contributed by atoms with E-state index < -0.39 is 18.5 Å². The molecule has 5 atom stereocenters. The Hall–Kier alpha value is -1.75. The number of carbonyl (C=O) groups is 3. The topological polar surface area (TPSA) is 121 Å². The molecule has 1 aliphatic rings. The lowest BCUT2D eigenvalue weighted by atomic mass is 9.94. The first-order chi connectivity index (χ1) is 31.8. The van der Waals surface area contributed by atoms with E-state index in [4.69, 9.17) is 23.7 Å². The summed E-state index contributed by atoms with van der Waals surface area (Å²) in [5.74, 6) is -0.425. The van der Waals surface area contributed by atoms with Crippen LogP contribution >= 0.6 is 0 Å². The number of unbranched alkanes of at least 4 members (excludes halogenated alkanes) is 23. The second-order valence-corrected chi connectivity index (χ2v) is 19.5. The number of rotatable bonds is 48. The van der Waals surface area contributed by atoms with Gasteiger partial charge in [0.2, 0.25) is 6.29 Å². The van der Waals surface area contributed by atoms with Crippen LogP contribution in [0.25, 0.3) is 0 Å². The zero-order valence-electron chi connectivity index (χ0n) is 43.2. The van der Waals surface area contributed by atoms with Crippen LogP contribution in [0.3, 0.4) is 0 Å². The number of esters is 3. The van der Waals surface area contributed by atoms with Crippen molar-refractivity contribution in [3.63, 3.8) is 0 Å². The van der Waals surface area contributed by atoms with Gasteiger partial charge in [0.05, 0.1) is 31.5 Å². The predicted octanol–water partition coefficient (Wildman–Crippen LogP) is 14.0. The number of methoxy groups -OCH3 is 1. The van der Waals surface area contributed by atoms with Gasteiger partial charge in [0.15, 0.2) is 0 Å². The van der Waals surface area contributed by atoms with Crippen molar-refractivity contribution >= 4 is 17.9 Å². The van der Waals surface area contributed by atoms with Crippen LogP contribution in [-0.2, 0) is 38.1 Å². The summed E-state index contributed by atoms with van der Waals surface area (Å²) in [6, 6.07) is 0. The second-order valence-electron chi connectivity index (χ2n) is 19.5. The number of hydrogen-bond acceptors (Lipinski definition) is 10. The lowest BCUT2D eigenvalue weighted by Crippen LogP contribution is -2.33. The van der Waals surface area contributed by atoms with E-state index in [1.165, 1.54) is 89.9 Å². The highest BCUT2D eigenvalue weighted by Crippen LogP contribution is 2.29. The summed E-state index contributed by atoms with van der Waals surface area (Å²) in [5, 5.41) is 9.37. The molecule has 65 heavy (non-hydrogen) atoms. The molecule has 0 radical (unpaired) electrons. The molecule has 0 aromatic heterocycles. The van der Waals surface area contributed by atoms with E-state index in [0.717, 1.165) is 148 Å². The third kappa shape index (κ3) is 34.2. The van der Waals surface area contributed by atoms with Crippen LogP contribution in [0.2, 0.25) is 0 Å². The molecule has 10 nitrogen and oxygen atoms in total. The molecule has 0 bridgehead atoms. The van der Waals surface area contributed by atoms with Gasteiger partial charge in [-0.2, -0.15) is 0 Å². The van der Waals surface area contributed by atoms with E-state index in [1.807, 2.05) is 0 Å². The molecule has 0 aromatic carbocycles. The van der Waals surface area contributed by atoms with Gasteiger partial charge in [0.1, 0.15) is 12.2 Å². The molecular weight excluding hydrogens is 819 g/mol. The molecule has 1 heterocycles. The van der Waals surface area contributed by atoms with Crippen LogP contribution in [0.5, 0.6) is 0 Å². The quantitative estimate of drug-likeness (QED) is 0.0359. The lowest BCUT2D eigenvalue weighted by molar-refractivity contribution is -0.180. The molecule has 0 aromatic rings. The van der Waals surface area contributed by atoms with Gasteiger partial charge in [-0.25, -0.2) is 0 Å². The van der Waals surface area contributed by atoms with Crippen molar-refractivity contribution in [1.82, 2.24) is 4.90 Å². The smallest absolute Gasteiger partial charge is 0.309 e. The molecule has 1 rings (SSSR count). The Bertz CT molecular complexity index is 1090. The van der Waals surface area contributed by atoms with Crippen LogP contribution in [0, 0.1) is 11.8 Å². The van der Waals surface area contributed by atoms with E-state index in [-0.39, 0.29) is 43.0 Å². The number of nitrogens with zero attached hydrogens (tertiary/aromatic N) is 1. The van der Waals surface area contributed by atoms with Gasteiger partial charge in [-0.1, -0.05) is 182 Å². The Morgan fingerprint density at radius 3 is 1.48 bits per heavy atom. The molecule has 1 N–H and O–H groups in total. The van der Waals surface area contributed by atoms with Crippen molar-refractivity contribution in [2.75, 3.05) is 46.6 Å². The standard InChI is InChI=1S/C55H105NO9/c1-6-10-14-18-20-28-37-48(36-26-16-12-8-3)54(59)62-45-35-25-24-32-42-56(43-33-34-44-57)41-31-23-22-30-40-52(58)65-53-46-50(51(63-53)47-61-5)64-55(60)49(38-27-17-13-9-4)39-29-21-19-15-11-7-2/h48-51,53,57H,6-47H2,1-5H3/t48?,49?,50-,51+,53-/m0/s1. The first kappa shape index (κ1) is 61.3. The van der Waals surface area contributed by atoms with Gasteiger partial charge in [-0.05, 0) is 83.8 Å². The number of aliphatic hydroxyl groups is 1. The van der Waals surface area contributed by atoms with Crippen LogP contribution in [0.1, 0.15) is 259 Å². The summed E-state index contributed by atoms with van der Waals surface area (Å²) in [6.07, 6.45) is 36.5. The number of carbonyl (C=O) groups excluding carboxylic acids is 3. The molecular formula is C55H105NO9. The second kappa shape index (κ2) is 44.7. The maximum Gasteiger partial charge on any atom is 0.309 e. The minimum Gasteiger partial charge on any atom is -0.465 e. The van der Waals surface area contributed by atoms with Gasteiger partial charge in [0, 0.05) is 20.1 Å². The third-order valence-electron chi connectivity index (χ3n) is 13.4. The highest BCUT2D eigenvalue weighted by Gasteiger charge is 2.41. The summed E-state index contributed by atoms with van der Waals surface area (Å²) >= 11 is 0. The number of hydrogen-bond donors (Lipinski definition) is 1. The maximum absolute atomic E-state index is 13.5. The fourth-order valence-electron chi connectivity index (χ4n) is 9.20. The molecule has 10 heteroatoms. The molecule has 2 unspecified atom stereocenters. The van der Waals surface area contributed by atoms with Crippen LogP contribution in [-0.4, -0.2) is 93.0 Å². The highest BCUT2D eigenvalue weighted by atomic mass is 16.7. The molecule has 0 saturated carbocycles. The van der Waals surface area contributed by atoms with E-state index in [1.54, 1.807) is 7.11 Å². The monoisotopic (exact) mass is 924 g/mol. The Morgan fingerprint density at radius 2 is 0.969 bits per heavy atom. The summed E-state index contributed by atoms with van der Waals surface area (Å²) in [6.45, 7) is 13.0. The van der Waals surface area contributed by atoms with E-state index in [9.17, 15) is 19.5 Å². The van der Waals surface area contributed by atoms with E-state index in [0.29, 0.717) is 19.4 Å². The Morgan fingerprint density at radius 1 is 0.538 bits per heavy atom. The van der Waals surface area contributed by atoms with Crippen LogP contribution in [0.15, 0.2) is 0 Å². The van der Waals surface area contributed by atoms with Gasteiger partial charge < -0.3 is 33.7 Å². The van der Waals surface area contributed by atoms with Crippen molar-refractivity contribution in [1.29, 1.82) is 0 Å². The number of ether oxygens (including phenoxy) is 5. The maximum atomic E-state index is 13.5. The first-order valence-electron chi connectivity index (χ1n) is 27.9. The van der Waals surface area contributed by atoms with Gasteiger partial charge in [-0.3, -0.25) is 14.4 Å². The van der Waals surface area contributed by atoms with Gasteiger partial charge >= 0.3 is 17.9 Å². The molecule has 1 aliphatic heterocycles. The van der Waals surface area contributed by atoms with Crippen molar-refractivity contribution in [2.45, 2.75) is 277 Å². The van der Waals surface area contributed by atoms with Crippen molar-refractivity contribution in [3.05, 3.63) is 0 Å². The minimum absolute atomic E-state index is 0.0315. The molecule has 384 valence electrons. The first-order valence-corrected chi connectivity index (χ1v) is 27.9. The summed E-state index contributed by atoms with van der Waals surface area (Å²) in [7, 11) is 1.61. The fourth-order valence-corrected chi connectivity index (χ4v) is 9.20. The average Bonchev–Trinajstić information content (AvgIpc) is 3.67. The van der Waals surface area contributed by atoms with Crippen molar-refractivity contribution in [3.8, 4) is 0 Å². The summed E-state index contributed by atoms with van der Waals surface area (Å²) < 4.78 is 29.1. The fraction of sp³-hybridized carbons (Fsp3) is 0.945. The molecule has 1 saturated heterocycles. The van der Waals surface area contributed by atoms with E-state index >= 15 is 0 Å². The lowest BCUT2D eigenvalue weighted by Gasteiger charge is -2.22. The number of aliphatic hydroxyl groups excluding tert-OH is 1. The van der Waals surface area contributed by atoms with Crippen LogP contribution in [0.4, 0.5) is 0 Å². The van der Waals surface area contributed by atoms with Crippen LogP contribution < -0.4 is 0 Å². The van der Waals surface area contributed by atoms with Gasteiger partial charge in [-0.15, -0.1) is 0 Å². The Kier molecular flexibility index (Phi) is 42.2. The Labute approximate surface area is 400 Å². The normalized spacial score (nSPS) is 17.1. The largest absolute Gasteiger partial charge is 0.465 e. The van der Waals surface area contributed by atoms with Gasteiger partial charge in [0.25, 0.3) is 0 Å². The van der Waals surface area contributed by atoms with E-state index in [2.05, 4.69) is 32.6 Å². The summed E-state index contributed by atoms with van der Waals surface area (Å²) in [5.41, 5.74) is 0. The SMILES string of the molecule is CCCCCCCCC(CCCCCC)C(=O)OCCCCCCN(CCCCO)CCCCCCC(=O)O[C@H]1C[C@H](OC(=O)C(CCCCCC)CCCCCCCC)[C@@H](COC)O1.